The van der Waals surface area contributed by atoms with Crippen LogP contribution in [0.25, 0.3) is 0 Å². The number of carbonyl (C=O) groups excluding carboxylic acids is 2. The van der Waals surface area contributed by atoms with Crippen LogP contribution in [0.15, 0.2) is 11.6 Å². The van der Waals surface area contributed by atoms with Gasteiger partial charge in [0, 0.05) is 17.8 Å². The topological polar surface area (TPSA) is 43.4 Å². The number of rotatable bonds is 2. The molecule has 0 spiro atoms. The van der Waals surface area contributed by atoms with Gasteiger partial charge < -0.3 is 9.53 Å². The Hall–Kier alpha value is -1.12. The minimum atomic E-state index is -0.137. The van der Waals surface area contributed by atoms with Gasteiger partial charge in [-0.05, 0) is 104 Å². The predicted molar refractivity (Wildman–Crippen MR) is 141 cm³/mol. The molecule has 0 amide bonds. The van der Waals surface area contributed by atoms with Crippen molar-refractivity contribution in [1.82, 2.24) is 0 Å². The molecule has 10 atom stereocenters. The van der Waals surface area contributed by atoms with E-state index < -0.39 is 0 Å². The second-order valence-corrected chi connectivity index (χ2v) is 15.0. The van der Waals surface area contributed by atoms with Gasteiger partial charge in [0.05, 0.1) is 0 Å². The van der Waals surface area contributed by atoms with Crippen LogP contribution in [0.1, 0.15) is 113 Å². The summed E-state index contributed by atoms with van der Waals surface area (Å²) in [5.74, 6) is 2.75. The molecule has 0 aliphatic heterocycles. The van der Waals surface area contributed by atoms with Crippen molar-refractivity contribution in [1.29, 1.82) is 0 Å². The monoisotopic (exact) mass is 482 g/mol. The molecule has 0 aromatic carbocycles. The average Bonchev–Trinajstić information content (AvgIpc) is 2.78. The SMILES string of the molecule is CC(=O)O[C@H]1CC[C@@]2(C)C(CC[C@]3(C)[C@@H]2CC=C2[C@@H]4[C@@H](C)[C@H](C)CC[C@]4(C=O)CC[C@]23C)C1(C)C. The van der Waals surface area contributed by atoms with Gasteiger partial charge in [-0.3, -0.25) is 4.79 Å². The Labute approximate surface area is 214 Å². The van der Waals surface area contributed by atoms with Gasteiger partial charge in [0.15, 0.2) is 0 Å². The number of allylic oxidation sites excluding steroid dienone is 2. The molecular weight excluding hydrogens is 432 g/mol. The number of esters is 1. The van der Waals surface area contributed by atoms with E-state index in [-0.39, 0.29) is 39.1 Å². The van der Waals surface area contributed by atoms with Crippen molar-refractivity contribution >= 4 is 12.3 Å². The molecule has 0 heterocycles. The molecule has 3 nitrogen and oxygen atoms in total. The molecule has 5 rings (SSSR count). The summed E-state index contributed by atoms with van der Waals surface area (Å²) in [4.78, 5) is 24.5. The molecule has 0 radical (unpaired) electrons. The molecule has 5 aliphatic rings. The van der Waals surface area contributed by atoms with Gasteiger partial charge in [-0.1, -0.05) is 60.1 Å². The van der Waals surface area contributed by atoms with Crippen LogP contribution in [0.2, 0.25) is 0 Å². The minimum Gasteiger partial charge on any atom is -0.462 e. The van der Waals surface area contributed by atoms with Crippen LogP contribution in [0.5, 0.6) is 0 Å². The fourth-order valence-electron chi connectivity index (χ4n) is 11.1. The number of hydrogen-bond acceptors (Lipinski definition) is 3. The van der Waals surface area contributed by atoms with E-state index in [4.69, 9.17) is 4.74 Å². The Morgan fingerprint density at radius 2 is 1.66 bits per heavy atom. The summed E-state index contributed by atoms with van der Waals surface area (Å²) in [6, 6.07) is 0. The van der Waals surface area contributed by atoms with Crippen molar-refractivity contribution in [3.8, 4) is 0 Å². The number of ether oxygens (including phenoxy) is 1. The van der Waals surface area contributed by atoms with Gasteiger partial charge in [-0.25, -0.2) is 0 Å². The lowest BCUT2D eigenvalue weighted by molar-refractivity contribution is -0.212. The lowest BCUT2D eigenvalue weighted by atomic mass is 9.33. The molecule has 4 fully saturated rings. The van der Waals surface area contributed by atoms with E-state index in [9.17, 15) is 9.59 Å². The summed E-state index contributed by atoms with van der Waals surface area (Å²) in [7, 11) is 0. The zero-order valence-electron chi connectivity index (χ0n) is 23.7. The molecule has 0 N–H and O–H groups in total. The smallest absolute Gasteiger partial charge is 0.302 e. The zero-order chi connectivity index (χ0) is 25.6. The van der Waals surface area contributed by atoms with E-state index in [1.807, 2.05) is 0 Å². The van der Waals surface area contributed by atoms with Crippen LogP contribution in [0, 0.1) is 56.7 Å². The number of fused-ring (bicyclic) bond motifs is 7. The van der Waals surface area contributed by atoms with Crippen molar-refractivity contribution in [2.45, 2.75) is 119 Å². The Kier molecular flexibility index (Phi) is 5.79. The largest absolute Gasteiger partial charge is 0.462 e. The Balaban J connectivity index is 1.55. The third kappa shape index (κ3) is 3.21. The Morgan fingerprint density at radius 1 is 0.943 bits per heavy atom. The standard InChI is InChI=1S/C32H50O3/c1-20-11-16-32(19-33)18-17-30(7)23(27(32)21(20)2)9-10-25-29(6)14-13-26(35-22(3)34)28(4,5)24(29)12-15-31(25,30)8/h9,19-21,24-27H,10-18H2,1-8H3/t20-,21+,24?,25-,26+,27+,29+,30-,31-,32-/m1/s1. The summed E-state index contributed by atoms with van der Waals surface area (Å²) in [5, 5.41) is 0. The zero-order valence-corrected chi connectivity index (χ0v) is 23.7. The van der Waals surface area contributed by atoms with Crippen molar-refractivity contribution in [3.63, 3.8) is 0 Å². The molecular formula is C32H50O3. The third-order valence-electron chi connectivity index (χ3n) is 13.5. The molecule has 4 saturated carbocycles. The van der Waals surface area contributed by atoms with Crippen LogP contribution < -0.4 is 0 Å². The van der Waals surface area contributed by atoms with Crippen LogP contribution in [-0.4, -0.2) is 18.4 Å². The van der Waals surface area contributed by atoms with Crippen molar-refractivity contribution < 1.29 is 14.3 Å². The lowest BCUT2D eigenvalue weighted by Crippen LogP contribution is -2.65. The summed E-state index contributed by atoms with van der Waals surface area (Å²) in [5.41, 5.74) is 2.20. The Bertz CT molecular complexity index is 933. The number of carbonyl (C=O) groups is 2. The summed E-state index contributed by atoms with van der Waals surface area (Å²) >= 11 is 0. The maximum absolute atomic E-state index is 12.7. The van der Waals surface area contributed by atoms with Gasteiger partial charge in [0.2, 0.25) is 0 Å². The highest BCUT2D eigenvalue weighted by molar-refractivity contribution is 5.66. The lowest BCUT2D eigenvalue weighted by Gasteiger charge is -2.71. The van der Waals surface area contributed by atoms with E-state index in [0.29, 0.717) is 29.6 Å². The van der Waals surface area contributed by atoms with Gasteiger partial charge in [0.1, 0.15) is 12.4 Å². The summed E-state index contributed by atoms with van der Waals surface area (Å²) in [6.07, 6.45) is 14.3. The highest BCUT2D eigenvalue weighted by Crippen LogP contribution is 2.75. The third-order valence-corrected chi connectivity index (χ3v) is 13.5. The van der Waals surface area contributed by atoms with Crippen molar-refractivity contribution in [3.05, 3.63) is 11.6 Å². The molecule has 0 bridgehead atoms. The maximum atomic E-state index is 12.7. The molecule has 0 saturated heterocycles. The molecule has 0 aromatic rings. The van der Waals surface area contributed by atoms with Gasteiger partial charge in [-0.2, -0.15) is 0 Å². The van der Waals surface area contributed by atoms with E-state index in [2.05, 4.69) is 54.5 Å². The molecule has 1 unspecified atom stereocenters. The second-order valence-electron chi connectivity index (χ2n) is 15.0. The second kappa shape index (κ2) is 7.94. The van der Waals surface area contributed by atoms with Crippen LogP contribution in [0.3, 0.4) is 0 Å². The Morgan fingerprint density at radius 3 is 2.31 bits per heavy atom. The quantitative estimate of drug-likeness (QED) is 0.229. The average molecular weight is 483 g/mol. The number of hydrogen-bond donors (Lipinski definition) is 0. The van der Waals surface area contributed by atoms with E-state index in [0.717, 1.165) is 38.5 Å². The van der Waals surface area contributed by atoms with E-state index >= 15 is 0 Å². The normalized spacial score (nSPS) is 52.6. The first-order chi connectivity index (χ1) is 16.3. The van der Waals surface area contributed by atoms with Crippen molar-refractivity contribution in [2.24, 2.45) is 56.7 Å². The fourth-order valence-corrected chi connectivity index (χ4v) is 11.1. The first-order valence-corrected chi connectivity index (χ1v) is 14.6. The molecule has 0 aromatic heterocycles. The molecule has 3 heteroatoms. The van der Waals surface area contributed by atoms with Gasteiger partial charge in [-0.15, -0.1) is 0 Å². The highest BCUT2D eigenvalue weighted by atomic mass is 16.5. The minimum absolute atomic E-state index is 0.00253. The molecule has 35 heavy (non-hydrogen) atoms. The van der Waals surface area contributed by atoms with Crippen LogP contribution >= 0.6 is 0 Å². The van der Waals surface area contributed by atoms with E-state index in [1.54, 1.807) is 12.5 Å². The highest BCUT2D eigenvalue weighted by Gasteiger charge is 2.68. The first kappa shape index (κ1) is 25.5. The fraction of sp³-hybridized carbons (Fsp3) is 0.875. The summed E-state index contributed by atoms with van der Waals surface area (Å²) in [6.45, 7) is 18.9. The van der Waals surface area contributed by atoms with Gasteiger partial charge in [0.25, 0.3) is 0 Å². The first-order valence-electron chi connectivity index (χ1n) is 14.6. The van der Waals surface area contributed by atoms with Gasteiger partial charge >= 0.3 is 5.97 Å². The maximum Gasteiger partial charge on any atom is 0.302 e. The van der Waals surface area contributed by atoms with Crippen molar-refractivity contribution in [2.75, 3.05) is 0 Å². The van der Waals surface area contributed by atoms with E-state index in [1.165, 1.54) is 25.5 Å². The molecule has 5 aliphatic carbocycles. The summed E-state index contributed by atoms with van der Waals surface area (Å²) < 4.78 is 5.89. The van der Waals surface area contributed by atoms with Crippen LogP contribution in [0.4, 0.5) is 0 Å². The number of aldehydes is 1. The predicted octanol–water partition coefficient (Wildman–Crippen LogP) is 7.77. The molecule has 196 valence electrons. The van der Waals surface area contributed by atoms with Crippen LogP contribution in [-0.2, 0) is 14.3 Å².